The number of anilines is 1. The summed E-state index contributed by atoms with van der Waals surface area (Å²) in [5.41, 5.74) is 4.53. The fraction of sp³-hybridized carbons (Fsp3) is 0.0769. The summed E-state index contributed by atoms with van der Waals surface area (Å²) in [7, 11) is 0. The summed E-state index contributed by atoms with van der Waals surface area (Å²) in [5, 5.41) is 14.0. The highest BCUT2D eigenvalue weighted by molar-refractivity contribution is 6.31. The lowest BCUT2D eigenvalue weighted by atomic mass is 10.1. The van der Waals surface area contributed by atoms with Gasteiger partial charge in [-0.05, 0) is 42.3 Å². The number of fused-ring (bicyclic) bond motifs is 1. The van der Waals surface area contributed by atoms with Crippen LogP contribution in [0.4, 0.5) is 5.69 Å². The minimum Gasteiger partial charge on any atom is -0.342 e. The number of halogens is 1. The third-order valence-corrected chi connectivity index (χ3v) is 5.36. The van der Waals surface area contributed by atoms with Crippen LogP contribution in [-0.4, -0.2) is 10.5 Å². The van der Waals surface area contributed by atoms with Gasteiger partial charge in [0.15, 0.2) is 0 Å². The number of hydrogen-bond acceptors (Lipinski definition) is 2. The molecule has 152 valence electrons. The van der Waals surface area contributed by atoms with Crippen LogP contribution >= 0.6 is 11.6 Å². The van der Waals surface area contributed by atoms with Gasteiger partial charge in [-0.1, -0.05) is 66.2 Å². The van der Waals surface area contributed by atoms with Gasteiger partial charge in [-0.25, -0.2) is 0 Å². The maximum atomic E-state index is 12.8. The molecule has 1 N–H and O–H groups in total. The van der Waals surface area contributed by atoms with Crippen LogP contribution in [-0.2, 0) is 11.3 Å². The maximum absolute atomic E-state index is 12.8. The van der Waals surface area contributed by atoms with E-state index in [1.165, 1.54) is 5.56 Å². The van der Waals surface area contributed by atoms with Gasteiger partial charge in [0, 0.05) is 39.9 Å². The van der Waals surface area contributed by atoms with Crippen molar-refractivity contribution < 1.29 is 4.79 Å². The largest absolute Gasteiger partial charge is 0.342 e. The zero-order valence-corrected chi connectivity index (χ0v) is 17.7. The molecule has 0 saturated heterocycles. The van der Waals surface area contributed by atoms with Crippen molar-refractivity contribution in [3.63, 3.8) is 0 Å². The number of nitrogens with one attached hydrogen (secondary N) is 1. The fourth-order valence-corrected chi connectivity index (χ4v) is 3.70. The number of rotatable bonds is 5. The van der Waals surface area contributed by atoms with Gasteiger partial charge in [-0.3, -0.25) is 4.79 Å². The number of nitrogens with zero attached hydrogens (tertiary/aromatic N) is 2. The van der Waals surface area contributed by atoms with Crippen LogP contribution in [0.5, 0.6) is 0 Å². The highest BCUT2D eigenvalue weighted by Gasteiger charge is 2.14. The van der Waals surface area contributed by atoms with E-state index in [9.17, 15) is 10.1 Å². The second kappa shape index (κ2) is 8.91. The van der Waals surface area contributed by atoms with Crippen LogP contribution in [0.1, 0.15) is 16.7 Å². The molecule has 31 heavy (non-hydrogen) atoms. The molecule has 3 aromatic carbocycles. The number of aryl methyl sites for hydroxylation is 1. The Kier molecular flexibility index (Phi) is 5.88. The standard InChI is InChI=1S/C26H20ClN3O/c1-18-11-12-22(27)14-24(18)29-26(31)20(15-28)13-21-17-30(16-19-7-3-2-4-8-19)25-10-6-5-9-23(21)25/h2-14,17H,16H2,1H3,(H,29,31)/b20-13-. The molecule has 0 radical (unpaired) electrons. The third kappa shape index (κ3) is 4.53. The van der Waals surface area contributed by atoms with E-state index in [0.29, 0.717) is 17.3 Å². The quantitative estimate of drug-likeness (QED) is 0.306. The third-order valence-electron chi connectivity index (χ3n) is 5.13. The average Bonchev–Trinajstić information content (AvgIpc) is 3.12. The van der Waals surface area contributed by atoms with E-state index in [0.717, 1.165) is 22.0 Å². The SMILES string of the molecule is Cc1ccc(Cl)cc1NC(=O)/C(C#N)=C\c1cn(Cc2ccccc2)c2ccccc12. The molecule has 5 heteroatoms. The minimum atomic E-state index is -0.465. The first kappa shape index (κ1) is 20.5. The Morgan fingerprint density at radius 3 is 2.61 bits per heavy atom. The van der Waals surface area contributed by atoms with Crippen LogP contribution in [0.2, 0.25) is 5.02 Å². The number of nitriles is 1. The lowest BCUT2D eigenvalue weighted by molar-refractivity contribution is -0.112. The van der Waals surface area contributed by atoms with Crippen molar-refractivity contribution in [2.75, 3.05) is 5.32 Å². The van der Waals surface area contributed by atoms with Gasteiger partial charge in [0.1, 0.15) is 11.6 Å². The number of para-hydroxylation sites is 1. The molecule has 1 amide bonds. The van der Waals surface area contributed by atoms with Gasteiger partial charge in [0.2, 0.25) is 0 Å². The number of carbonyl (C=O) groups excluding carboxylic acids is 1. The molecule has 4 rings (SSSR count). The van der Waals surface area contributed by atoms with Crippen LogP contribution in [0.25, 0.3) is 17.0 Å². The Morgan fingerprint density at radius 2 is 1.84 bits per heavy atom. The first-order valence-electron chi connectivity index (χ1n) is 9.86. The van der Waals surface area contributed by atoms with Gasteiger partial charge < -0.3 is 9.88 Å². The zero-order chi connectivity index (χ0) is 21.8. The van der Waals surface area contributed by atoms with E-state index in [1.54, 1.807) is 18.2 Å². The summed E-state index contributed by atoms with van der Waals surface area (Å²) in [5.74, 6) is -0.465. The number of benzene rings is 3. The van der Waals surface area contributed by atoms with E-state index < -0.39 is 5.91 Å². The Balaban J connectivity index is 1.69. The maximum Gasteiger partial charge on any atom is 0.266 e. The van der Waals surface area contributed by atoms with Crippen LogP contribution in [0, 0.1) is 18.3 Å². The number of carbonyl (C=O) groups is 1. The van der Waals surface area contributed by atoms with Gasteiger partial charge in [-0.2, -0.15) is 5.26 Å². The smallest absolute Gasteiger partial charge is 0.266 e. The highest BCUT2D eigenvalue weighted by Crippen LogP contribution is 2.25. The summed E-state index contributed by atoms with van der Waals surface area (Å²) in [6.07, 6.45) is 3.62. The van der Waals surface area contributed by atoms with Crippen LogP contribution in [0.15, 0.2) is 84.6 Å². The Morgan fingerprint density at radius 1 is 1.10 bits per heavy atom. The van der Waals surface area contributed by atoms with E-state index >= 15 is 0 Å². The van der Waals surface area contributed by atoms with Crippen molar-refractivity contribution in [1.82, 2.24) is 4.57 Å². The van der Waals surface area contributed by atoms with Gasteiger partial charge in [0.25, 0.3) is 5.91 Å². The molecule has 1 heterocycles. The normalized spacial score (nSPS) is 11.3. The second-order valence-corrected chi connectivity index (χ2v) is 7.73. The monoisotopic (exact) mass is 425 g/mol. The van der Waals surface area contributed by atoms with E-state index in [1.807, 2.05) is 67.7 Å². The highest BCUT2D eigenvalue weighted by atomic mass is 35.5. The topological polar surface area (TPSA) is 57.8 Å². The number of hydrogen-bond donors (Lipinski definition) is 1. The first-order valence-corrected chi connectivity index (χ1v) is 10.2. The molecular weight excluding hydrogens is 406 g/mol. The predicted molar refractivity (Wildman–Crippen MR) is 126 cm³/mol. The van der Waals surface area contributed by atoms with E-state index in [4.69, 9.17) is 11.6 Å². The molecule has 0 fully saturated rings. The van der Waals surface area contributed by atoms with Crippen molar-refractivity contribution >= 4 is 40.2 Å². The fourth-order valence-electron chi connectivity index (χ4n) is 3.52. The van der Waals surface area contributed by atoms with Crippen molar-refractivity contribution in [2.24, 2.45) is 0 Å². The molecule has 0 spiro atoms. The Labute approximate surface area is 186 Å². The summed E-state index contributed by atoms with van der Waals surface area (Å²) in [6, 6.07) is 25.4. The van der Waals surface area contributed by atoms with E-state index in [2.05, 4.69) is 22.0 Å². The van der Waals surface area contributed by atoms with Gasteiger partial charge in [0.05, 0.1) is 0 Å². The second-order valence-electron chi connectivity index (χ2n) is 7.30. The summed E-state index contributed by atoms with van der Waals surface area (Å²) in [6.45, 7) is 2.57. The summed E-state index contributed by atoms with van der Waals surface area (Å²) >= 11 is 6.04. The molecule has 4 aromatic rings. The van der Waals surface area contributed by atoms with Crippen LogP contribution < -0.4 is 5.32 Å². The van der Waals surface area contributed by atoms with Crippen LogP contribution in [0.3, 0.4) is 0 Å². The lowest BCUT2D eigenvalue weighted by Gasteiger charge is -2.08. The molecule has 0 aliphatic heterocycles. The summed E-state index contributed by atoms with van der Waals surface area (Å²) in [4.78, 5) is 12.8. The van der Waals surface area contributed by atoms with Gasteiger partial charge in [-0.15, -0.1) is 0 Å². The first-order chi connectivity index (χ1) is 15.0. The molecule has 0 aliphatic rings. The Hall–Kier alpha value is -3.81. The number of amides is 1. The minimum absolute atomic E-state index is 0.0296. The molecular formula is C26H20ClN3O. The van der Waals surface area contributed by atoms with Crippen molar-refractivity contribution in [2.45, 2.75) is 13.5 Å². The van der Waals surface area contributed by atoms with Crippen molar-refractivity contribution in [3.8, 4) is 6.07 Å². The number of aromatic nitrogens is 1. The summed E-state index contributed by atoms with van der Waals surface area (Å²) < 4.78 is 2.13. The predicted octanol–water partition coefficient (Wildman–Crippen LogP) is 6.20. The average molecular weight is 426 g/mol. The Bertz CT molecular complexity index is 1330. The molecule has 0 atom stereocenters. The van der Waals surface area contributed by atoms with E-state index in [-0.39, 0.29) is 5.57 Å². The molecule has 4 nitrogen and oxygen atoms in total. The molecule has 0 aliphatic carbocycles. The van der Waals surface area contributed by atoms with Crippen molar-refractivity contribution in [1.29, 1.82) is 5.26 Å². The molecule has 0 saturated carbocycles. The molecule has 0 unspecified atom stereocenters. The lowest BCUT2D eigenvalue weighted by Crippen LogP contribution is -2.14. The molecule has 1 aromatic heterocycles. The molecule has 0 bridgehead atoms. The van der Waals surface area contributed by atoms with Crippen molar-refractivity contribution in [3.05, 3.63) is 106 Å². The van der Waals surface area contributed by atoms with Gasteiger partial charge >= 0.3 is 0 Å². The zero-order valence-electron chi connectivity index (χ0n) is 17.0.